The molecule has 26 nitrogen and oxygen atoms in total. The zero-order chi connectivity index (χ0) is 54.3. The molecule has 71 heavy (non-hydrogen) atoms. The Balaban J connectivity index is 3.21. The standard InChI is InChI=1S/C44H71N13O13S/c1-8-21(4)35(57-42(68)29(53-36(62)22(5)45)16-25-9-11-26(58)12-10-25)44(70)52-27(13-14-32(46)59)40(66)55-30(17-33(47)60)41(67)51-23(6)37(63)50-24(7)38(64)56-31(19-71)43(69)54-28(15-20(2)3)39(65)49-18-34(48)61/h9-12,20-24,27-31,35,58,71H,8,13-19,45H2,1-7H3,(H2,46,59)(H2,47,60)(H2,48,61)(H,49,65)(H,50,63)(H,51,67)(H,52,70)(H,53,62)(H,54,69)(H,55,66)(H,56,64)(H,57,68)/t21-,22-,23-,24-,27-,28-,29-,30-,31-,35-/m0/s1. The Morgan fingerprint density at radius 2 is 1.03 bits per heavy atom. The molecule has 0 saturated carbocycles. The van der Waals surface area contributed by atoms with Crippen LogP contribution in [0.2, 0.25) is 0 Å². The lowest BCUT2D eigenvalue weighted by Crippen LogP contribution is -2.61. The van der Waals surface area contributed by atoms with Gasteiger partial charge in [0, 0.05) is 18.6 Å². The van der Waals surface area contributed by atoms with Crippen LogP contribution in [0.3, 0.4) is 0 Å². The first-order chi connectivity index (χ1) is 33.1. The number of amides is 12. The molecular formula is C44H71N13O13S. The van der Waals surface area contributed by atoms with Gasteiger partial charge in [-0.3, -0.25) is 57.5 Å². The third kappa shape index (κ3) is 23.0. The summed E-state index contributed by atoms with van der Waals surface area (Å²) in [5.74, 6) is -11.6. The number of nitrogens with one attached hydrogen (secondary N) is 9. The predicted octanol–water partition coefficient (Wildman–Crippen LogP) is -5.04. The lowest BCUT2D eigenvalue weighted by molar-refractivity contribution is -0.137. The molecule has 0 aromatic heterocycles. The van der Waals surface area contributed by atoms with E-state index >= 15 is 0 Å². The molecule has 0 heterocycles. The molecule has 396 valence electrons. The van der Waals surface area contributed by atoms with Gasteiger partial charge in [0.15, 0.2) is 0 Å². The second-order valence-corrected chi connectivity index (χ2v) is 17.8. The van der Waals surface area contributed by atoms with Crippen LogP contribution in [0.1, 0.15) is 86.1 Å². The minimum atomic E-state index is -1.77. The SMILES string of the molecule is CC[C@H](C)[C@H](NC(=O)[C@H](Cc1ccc(O)cc1)NC(=O)[C@H](C)N)C(=O)N[C@@H](CCC(N)=O)C(=O)N[C@@H](CC(N)=O)C(=O)N[C@@H](C)C(=O)N[C@@H](C)C(=O)N[C@@H](CS)C(=O)N[C@@H](CC(C)C)C(=O)NCC(N)=O. The van der Waals surface area contributed by atoms with Gasteiger partial charge >= 0.3 is 0 Å². The van der Waals surface area contributed by atoms with Crippen LogP contribution >= 0.6 is 12.6 Å². The molecule has 0 spiro atoms. The van der Waals surface area contributed by atoms with E-state index in [2.05, 4.69) is 60.5 Å². The van der Waals surface area contributed by atoms with Crippen molar-refractivity contribution in [2.75, 3.05) is 12.3 Å². The molecule has 1 rings (SSSR count). The molecule has 0 fully saturated rings. The summed E-state index contributed by atoms with van der Waals surface area (Å²) in [7, 11) is 0. The van der Waals surface area contributed by atoms with Crippen LogP contribution in [0.4, 0.5) is 0 Å². The Bertz CT molecular complexity index is 2080. The number of rotatable bonds is 31. The fourth-order valence-corrected chi connectivity index (χ4v) is 6.64. The highest BCUT2D eigenvalue weighted by atomic mass is 32.1. The molecule has 0 bridgehead atoms. The quantitative estimate of drug-likeness (QED) is 0.0310. The van der Waals surface area contributed by atoms with Crippen molar-refractivity contribution >= 4 is 83.5 Å². The minimum absolute atomic E-state index is 0.0424. The summed E-state index contributed by atoms with van der Waals surface area (Å²) < 4.78 is 0. The molecule has 27 heteroatoms. The van der Waals surface area contributed by atoms with E-state index in [0.717, 1.165) is 0 Å². The Labute approximate surface area is 416 Å². The van der Waals surface area contributed by atoms with Gasteiger partial charge in [0.25, 0.3) is 0 Å². The molecule has 0 radical (unpaired) electrons. The topological polar surface area (TPSA) is 437 Å². The van der Waals surface area contributed by atoms with E-state index in [1.54, 1.807) is 27.7 Å². The highest BCUT2D eigenvalue weighted by Gasteiger charge is 2.35. The molecule has 1 aromatic rings. The zero-order valence-electron chi connectivity index (χ0n) is 40.9. The van der Waals surface area contributed by atoms with Crippen LogP contribution in [-0.4, -0.2) is 143 Å². The Morgan fingerprint density at radius 1 is 0.549 bits per heavy atom. The van der Waals surface area contributed by atoms with Crippen LogP contribution in [-0.2, 0) is 64.0 Å². The Kier molecular flexibility index (Phi) is 26.7. The number of hydrogen-bond acceptors (Lipinski definition) is 15. The number of nitrogens with two attached hydrogens (primary N) is 4. The van der Waals surface area contributed by atoms with Crippen molar-refractivity contribution in [2.45, 2.75) is 141 Å². The van der Waals surface area contributed by atoms with Gasteiger partial charge in [-0.1, -0.05) is 46.2 Å². The first kappa shape index (κ1) is 62.0. The molecule has 10 atom stereocenters. The molecule has 18 N–H and O–H groups in total. The van der Waals surface area contributed by atoms with Crippen LogP contribution in [0, 0.1) is 11.8 Å². The number of aromatic hydroxyl groups is 1. The summed E-state index contributed by atoms with van der Waals surface area (Å²) in [6.07, 6.45) is -1.30. The van der Waals surface area contributed by atoms with Gasteiger partial charge in [-0.25, -0.2) is 0 Å². The summed E-state index contributed by atoms with van der Waals surface area (Å²) in [6.45, 7) is 10.3. The number of thiol groups is 1. The van der Waals surface area contributed by atoms with E-state index in [1.165, 1.54) is 45.0 Å². The molecule has 0 saturated heterocycles. The normalized spacial score (nSPS) is 15.2. The van der Waals surface area contributed by atoms with Crippen LogP contribution < -0.4 is 70.8 Å². The van der Waals surface area contributed by atoms with Gasteiger partial charge in [-0.15, -0.1) is 0 Å². The first-order valence-electron chi connectivity index (χ1n) is 22.8. The summed E-state index contributed by atoms with van der Waals surface area (Å²) in [5.41, 5.74) is 22.1. The summed E-state index contributed by atoms with van der Waals surface area (Å²) in [6, 6.07) is -6.37. The first-order valence-corrected chi connectivity index (χ1v) is 23.4. The fraction of sp³-hybridized carbons (Fsp3) is 0.591. The molecule has 0 unspecified atom stereocenters. The summed E-state index contributed by atoms with van der Waals surface area (Å²) in [4.78, 5) is 155. The van der Waals surface area contributed by atoms with Crippen molar-refractivity contribution in [3.8, 4) is 5.75 Å². The van der Waals surface area contributed by atoms with Crippen molar-refractivity contribution in [1.82, 2.24) is 47.9 Å². The van der Waals surface area contributed by atoms with Gasteiger partial charge in [-0.2, -0.15) is 12.6 Å². The smallest absolute Gasteiger partial charge is 0.244 e. The number of carbonyl (C=O) groups excluding carboxylic acids is 12. The van der Waals surface area contributed by atoms with Crippen molar-refractivity contribution in [3.63, 3.8) is 0 Å². The van der Waals surface area contributed by atoms with E-state index in [9.17, 15) is 62.6 Å². The second kappa shape index (κ2) is 30.5. The monoisotopic (exact) mass is 1020 g/mol. The summed E-state index contributed by atoms with van der Waals surface area (Å²) in [5, 5.41) is 31.5. The van der Waals surface area contributed by atoms with Crippen molar-refractivity contribution in [1.29, 1.82) is 0 Å². The van der Waals surface area contributed by atoms with Gasteiger partial charge < -0.3 is 75.9 Å². The van der Waals surface area contributed by atoms with Gasteiger partial charge in [0.2, 0.25) is 70.9 Å². The molecule has 0 aliphatic rings. The Hall–Kier alpha value is -7.03. The number of benzene rings is 1. The zero-order valence-corrected chi connectivity index (χ0v) is 41.8. The van der Waals surface area contributed by atoms with E-state index in [-0.39, 0.29) is 30.3 Å². The largest absolute Gasteiger partial charge is 0.508 e. The van der Waals surface area contributed by atoms with Gasteiger partial charge in [0.1, 0.15) is 54.1 Å². The van der Waals surface area contributed by atoms with E-state index in [1.807, 2.05) is 0 Å². The molecular weight excluding hydrogens is 951 g/mol. The third-order valence-corrected chi connectivity index (χ3v) is 11.0. The predicted molar refractivity (Wildman–Crippen MR) is 259 cm³/mol. The maximum Gasteiger partial charge on any atom is 0.244 e. The average molecular weight is 1020 g/mol. The number of primary amides is 3. The summed E-state index contributed by atoms with van der Waals surface area (Å²) >= 11 is 4.12. The minimum Gasteiger partial charge on any atom is -0.508 e. The highest BCUT2D eigenvalue weighted by molar-refractivity contribution is 7.80. The van der Waals surface area contributed by atoms with Crippen molar-refractivity contribution < 1.29 is 62.6 Å². The maximum atomic E-state index is 14.0. The lowest BCUT2D eigenvalue weighted by Gasteiger charge is -2.29. The highest BCUT2D eigenvalue weighted by Crippen LogP contribution is 2.14. The number of phenolic OH excluding ortho intramolecular Hbond substituents is 1. The lowest BCUT2D eigenvalue weighted by atomic mass is 9.96. The van der Waals surface area contributed by atoms with E-state index < -0.39 is 157 Å². The molecule has 0 aliphatic carbocycles. The van der Waals surface area contributed by atoms with Crippen LogP contribution in [0.5, 0.6) is 5.75 Å². The van der Waals surface area contributed by atoms with Gasteiger partial charge in [0.05, 0.1) is 19.0 Å². The maximum absolute atomic E-state index is 14.0. The number of hydrogen-bond donors (Lipinski definition) is 15. The Morgan fingerprint density at radius 3 is 1.54 bits per heavy atom. The van der Waals surface area contributed by atoms with Crippen LogP contribution in [0.15, 0.2) is 24.3 Å². The fourth-order valence-electron chi connectivity index (χ4n) is 6.38. The number of carbonyl (C=O) groups is 12. The molecule has 12 amide bonds. The average Bonchev–Trinajstić information content (AvgIpc) is 3.29. The molecule has 0 aliphatic heterocycles. The molecule has 1 aromatic carbocycles. The van der Waals surface area contributed by atoms with Crippen LogP contribution in [0.25, 0.3) is 0 Å². The number of phenols is 1. The van der Waals surface area contributed by atoms with E-state index in [0.29, 0.717) is 12.0 Å². The van der Waals surface area contributed by atoms with E-state index in [4.69, 9.17) is 22.9 Å². The van der Waals surface area contributed by atoms with Crippen molar-refractivity contribution in [3.05, 3.63) is 29.8 Å². The van der Waals surface area contributed by atoms with Crippen molar-refractivity contribution in [2.24, 2.45) is 34.8 Å². The third-order valence-electron chi connectivity index (χ3n) is 10.7. The van der Waals surface area contributed by atoms with Gasteiger partial charge in [-0.05, 0) is 63.1 Å². The second-order valence-electron chi connectivity index (χ2n) is 17.5.